The molecule has 0 radical (unpaired) electrons. The number of carboxylic acid groups (broad SMARTS) is 1. The molecular weight excluding hydrogens is 230 g/mol. The van der Waals surface area contributed by atoms with Gasteiger partial charge in [-0.2, -0.15) is 0 Å². The third-order valence-electron chi connectivity index (χ3n) is 2.13. The number of hydrogen-bond acceptors (Lipinski definition) is 3. The number of unbranched alkanes of at least 4 members (excludes halogenated alkanes) is 1. The number of carboxylic acids is 1. The molecule has 0 aliphatic heterocycles. The van der Waals surface area contributed by atoms with Crippen molar-refractivity contribution in [3.8, 4) is 0 Å². The van der Waals surface area contributed by atoms with Crippen LogP contribution in [-0.4, -0.2) is 29.5 Å². The summed E-state index contributed by atoms with van der Waals surface area (Å²) in [6.07, 6.45) is 7.15. The Morgan fingerprint density at radius 2 is 2.06 bits per heavy atom. The van der Waals surface area contributed by atoms with Gasteiger partial charge < -0.3 is 16.6 Å². The lowest BCUT2D eigenvalue weighted by molar-refractivity contribution is -0.138. The van der Waals surface area contributed by atoms with Crippen LogP contribution in [0.2, 0.25) is 0 Å². The van der Waals surface area contributed by atoms with E-state index in [0.29, 0.717) is 6.42 Å². The van der Waals surface area contributed by atoms with Gasteiger partial charge in [0, 0.05) is 13.0 Å². The van der Waals surface area contributed by atoms with Gasteiger partial charge >= 0.3 is 5.97 Å². The Kier molecular flexibility index (Phi) is 14.5. The van der Waals surface area contributed by atoms with Crippen molar-refractivity contribution in [3.05, 3.63) is 12.2 Å². The first-order valence-electron chi connectivity index (χ1n) is 6.37. The van der Waals surface area contributed by atoms with E-state index in [1.165, 1.54) is 6.42 Å². The SMILES string of the molecule is C/C=C\C[C@H](N)C(=O)O.CCCCN=C(N)CC. The van der Waals surface area contributed by atoms with Crippen LogP contribution >= 0.6 is 0 Å². The van der Waals surface area contributed by atoms with Crippen LogP contribution in [0, 0.1) is 0 Å². The first-order chi connectivity index (χ1) is 8.49. The standard InChI is InChI=1S/C7H16N2.C6H11NO2/c1-3-5-6-9-7(8)4-2;1-2-3-4-5(7)6(8)9/h3-6H2,1-2H3,(H2,8,9);2-3,5H,4,7H2,1H3,(H,8,9)/b;3-2-/t;5-/m.0/s1. The number of carbonyl (C=O) groups is 1. The van der Waals surface area contributed by atoms with Gasteiger partial charge in [-0.15, -0.1) is 0 Å². The van der Waals surface area contributed by atoms with Crippen molar-refractivity contribution in [2.75, 3.05) is 6.54 Å². The fraction of sp³-hybridized carbons (Fsp3) is 0.692. The van der Waals surface area contributed by atoms with Crippen molar-refractivity contribution in [1.29, 1.82) is 0 Å². The van der Waals surface area contributed by atoms with Crippen molar-refractivity contribution in [3.63, 3.8) is 0 Å². The van der Waals surface area contributed by atoms with Crippen LogP contribution in [0.5, 0.6) is 0 Å². The average molecular weight is 257 g/mol. The molecule has 5 heteroatoms. The van der Waals surface area contributed by atoms with E-state index in [9.17, 15) is 4.79 Å². The molecule has 0 unspecified atom stereocenters. The molecule has 0 bridgehead atoms. The molecule has 0 aliphatic rings. The van der Waals surface area contributed by atoms with Crippen LogP contribution in [0.15, 0.2) is 17.1 Å². The number of aliphatic imine (C=N–C) groups is 1. The van der Waals surface area contributed by atoms with E-state index in [1.807, 2.05) is 13.8 Å². The molecule has 5 nitrogen and oxygen atoms in total. The topological polar surface area (TPSA) is 102 Å². The van der Waals surface area contributed by atoms with Crippen molar-refractivity contribution >= 4 is 11.8 Å². The van der Waals surface area contributed by atoms with E-state index in [-0.39, 0.29) is 0 Å². The third-order valence-corrected chi connectivity index (χ3v) is 2.13. The van der Waals surface area contributed by atoms with Gasteiger partial charge in [-0.1, -0.05) is 32.4 Å². The first kappa shape index (κ1) is 19.0. The van der Waals surface area contributed by atoms with E-state index >= 15 is 0 Å². The second-order valence-electron chi connectivity index (χ2n) is 3.83. The highest BCUT2D eigenvalue weighted by molar-refractivity contribution is 5.79. The average Bonchev–Trinajstić information content (AvgIpc) is 2.36. The lowest BCUT2D eigenvalue weighted by atomic mass is 10.2. The Hall–Kier alpha value is -1.36. The normalized spacial score (nSPS) is 13.0. The van der Waals surface area contributed by atoms with Gasteiger partial charge in [-0.05, 0) is 19.8 Å². The molecule has 0 rings (SSSR count). The lowest BCUT2D eigenvalue weighted by Gasteiger charge is -1.98. The van der Waals surface area contributed by atoms with Crippen molar-refractivity contribution in [1.82, 2.24) is 0 Å². The summed E-state index contributed by atoms with van der Waals surface area (Å²) in [6, 6.07) is -0.749. The van der Waals surface area contributed by atoms with Gasteiger partial charge in [0.25, 0.3) is 0 Å². The predicted molar refractivity (Wildman–Crippen MR) is 76.7 cm³/mol. The zero-order valence-corrected chi connectivity index (χ0v) is 11.7. The van der Waals surface area contributed by atoms with E-state index in [0.717, 1.165) is 25.2 Å². The maximum absolute atomic E-state index is 10.0. The molecular formula is C13H27N3O2. The summed E-state index contributed by atoms with van der Waals surface area (Å²) in [4.78, 5) is 14.2. The number of rotatable bonds is 7. The van der Waals surface area contributed by atoms with Gasteiger partial charge in [0.05, 0.1) is 5.84 Å². The minimum atomic E-state index is -0.951. The summed E-state index contributed by atoms with van der Waals surface area (Å²) in [5.74, 6) is -0.170. The third kappa shape index (κ3) is 14.6. The monoisotopic (exact) mass is 257 g/mol. The largest absolute Gasteiger partial charge is 0.480 e. The highest BCUT2D eigenvalue weighted by Crippen LogP contribution is 1.89. The van der Waals surface area contributed by atoms with Crippen LogP contribution in [0.4, 0.5) is 0 Å². The van der Waals surface area contributed by atoms with Gasteiger partial charge in [0.2, 0.25) is 0 Å². The smallest absolute Gasteiger partial charge is 0.320 e. The minimum Gasteiger partial charge on any atom is -0.480 e. The molecule has 0 fully saturated rings. The fourth-order valence-corrected chi connectivity index (χ4v) is 0.876. The molecule has 0 saturated carbocycles. The Labute approximate surface area is 110 Å². The maximum atomic E-state index is 10.0. The van der Waals surface area contributed by atoms with E-state index in [2.05, 4.69) is 11.9 Å². The minimum absolute atomic E-state index is 0.409. The number of nitrogens with zero attached hydrogens (tertiary/aromatic N) is 1. The lowest BCUT2D eigenvalue weighted by Crippen LogP contribution is -2.29. The zero-order valence-electron chi connectivity index (χ0n) is 11.7. The molecule has 0 aromatic rings. The van der Waals surface area contributed by atoms with Crippen molar-refractivity contribution in [2.24, 2.45) is 16.5 Å². The zero-order chi connectivity index (χ0) is 14.4. The van der Waals surface area contributed by atoms with Gasteiger partial charge in [0.15, 0.2) is 0 Å². The van der Waals surface area contributed by atoms with E-state index < -0.39 is 12.0 Å². The number of hydrogen-bond donors (Lipinski definition) is 3. The molecule has 0 heterocycles. The van der Waals surface area contributed by atoms with Crippen LogP contribution in [0.3, 0.4) is 0 Å². The fourth-order valence-electron chi connectivity index (χ4n) is 0.876. The molecule has 0 aromatic heterocycles. The molecule has 18 heavy (non-hydrogen) atoms. The van der Waals surface area contributed by atoms with Gasteiger partial charge in [-0.25, -0.2) is 0 Å². The molecule has 106 valence electrons. The number of amidine groups is 1. The van der Waals surface area contributed by atoms with E-state index in [4.69, 9.17) is 16.6 Å². The summed E-state index contributed by atoms with van der Waals surface area (Å²) in [7, 11) is 0. The maximum Gasteiger partial charge on any atom is 0.320 e. The van der Waals surface area contributed by atoms with Crippen molar-refractivity contribution < 1.29 is 9.90 Å². The second-order valence-corrected chi connectivity index (χ2v) is 3.83. The molecule has 5 N–H and O–H groups in total. The van der Waals surface area contributed by atoms with Gasteiger partial charge in [0.1, 0.15) is 6.04 Å². The van der Waals surface area contributed by atoms with Crippen LogP contribution in [-0.2, 0) is 4.79 Å². The summed E-state index contributed by atoms with van der Waals surface area (Å²) in [5, 5.41) is 8.25. The second kappa shape index (κ2) is 13.7. The molecule has 0 aromatic carbocycles. The molecule has 0 aliphatic carbocycles. The molecule has 0 saturated heterocycles. The Morgan fingerprint density at radius 1 is 1.44 bits per heavy atom. The molecule has 0 spiro atoms. The summed E-state index contributed by atoms with van der Waals surface area (Å²) in [6.45, 7) is 6.90. The highest BCUT2D eigenvalue weighted by atomic mass is 16.4. The Morgan fingerprint density at radius 3 is 2.44 bits per heavy atom. The first-order valence-corrected chi connectivity index (χ1v) is 6.37. The summed E-state index contributed by atoms with van der Waals surface area (Å²) < 4.78 is 0. The summed E-state index contributed by atoms with van der Waals surface area (Å²) >= 11 is 0. The predicted octanol–water partition coefficient (Wildman–Crippen LogP) is 1.92. The van der Waals surface area contributed by atoms with Crippen LogP contribution in [0.1, 0.15) is 46.5 Å². The highest BCUT2D eigenvalue weighted by Gasteiger charge is 2.07. The number of aliphatic carboxylic acids is 1. The number of nitrogens with two attached hydrogens (primary N) is 2. The van der Waals surface area contributed by atoms with E-state index in [1.54, 1.807) is 12.2 Å². The number of allylic oxidation sites excluding steroid dienone is 1. The van der Waals surface area contributed by atoms with Crippen LogP contribution in [0.25, 0.3) is 0 Å². The van der Waals surface area contributed by atoms with Gasteiger partial charge in [-0.3, -0.25) is 9.79 Å². The summed E-state index contributed by atoms with van der Waals surface area (Å²) in [5.41, 5.74) is 10.6. The Bertz CT molecular complexity index is 263. The molecule has 1 atom stereocenters. The van der Waals surface area contributed by atoms with Crippen molar-refractivity contribution in [2.45, 2.75) is 52.5 Å². The molecule has 0 amide bonds. The quantitative estimate of drug-likeness (QED) is 0.280. The Balaban J connectivity index is 0. The van der Waals surface area contributed by atoms with Crippen LogP contribution < -0.4 is 11.5 Å².